The molecule has 2 rings (SSSR count). The van der Waals surface area contributed by atoms with Gasteiger partial charge in [-0.2, -0.15) is 13.2 Å². The molecule has 1 aromatic rings. The van der Waals surface area contributed by atoms with E-state index < -0.39 is 18.2 Å². The van der Waals surface area contributed by atoms with Crippen molar-refractivity contribution in [2.24, 2.45) is 5.92 Å². The van der Waals surface area contributed by atoms with Gasteiger partial charge in [0, 0.05) is 25.5 Å². The summed E-state index contributed by atoms with van der Waals surface area (Å²) < 4.78 is 37.5. The molecule has 2 amide bonds. The number of aromatic nitrogens is 1. The summed E-state index contributed by atoms with van der Waals surface area (Å²) in [4.78, 5) is 17.6. The molecule has 0 aliphatic carbocycles. The third kappa shape index (κ3) is 4.57. The van der Waals surface area contributed by atoms with Crippen LogP contribution in [0.25, 0.3) is 0 Å². The Labute approximate surface area is 132 Å². The highest BCUT2D eigenvalue weighted by atomic mass is 19.4. The molecule has 0 aromatic carbocycles. The number of amides is 2. The van der Waals surface area contributed by atoms with E-state index in [0.29, 0.717) is 0 Å². The van der Waals surface area contributed by atoms with Crippen molar-refractivity contribution in [1.29, 1.82) is 0 Å². The first-order chi connectivity index (χ1) is 10.8. The molecule has 1 fully saturated rings. The molecule has 1 aliphatic heterocycles. The van der Waals surface area contributed by atoms with Gasteiger partial charge in [0.15, 0.2) is 6.10 Å². The second-order valence-corrected chi connectivity index (χ2v) is 5.76. The first-order valence-corrected chi connectivity index (χ1v) is 7.49. The van der Waals surface area contributed by atoms with Crippen LogP contribution in [0.2, 0.25) is 0 Å². The van der Waals surface area contributed by atoms with Crippen LogP contribution in [0.5, 0.6) is 0 Å². The van der Waals surface area contributed by atoms with Crippen LogP contribution < -0.4 is 5.32 Å². The predicted octanol–water partition coefficient (Wildman–Crippen LogP) is 2.49. The third-order valence-electron chi connectivity index (χ3n) is 4.15. The van der Waals surface area contributed by atoms with Gasteiger partial charge in [-0.15, -0.1) is 0 Å². The fourth-order valence-electron chi connectivity index (χ4n) is 2.70. The molecule has 1 aromatic heterocycles. The number of aliphatic hydroxyl groups excluding tert-OH is 1. The van der Waals surface area contributed by atoms with E-state index in [1.165, 1.54) is 4.90 Å². The van der Waals surface area contributed by atoms with Gasteiger partial charge < -0.3 is 15.3 Å². The molecule has 0 bridgehead atoms. The second-order valence-electron chi connectivity index (χ2n) is 5.76. The van der Waals surface area contributed by atoms with Gasteiger partial charge in [0.2, 0.25) is 0 Å². The fraction of sp³-hybridized carbons (Fsp3) is 0.600. The van der Waals surface area contributed by atoms with E-state index in [1.807, 2.05) is 6.92 Å². The fourth-order valence-corrected chi connectivity index (χ4v) is 2.70. The van der Waals surface area contributed by atoms with E-state index in [0.717, 1.165) is 5.56 Å². The quantitative estimate of drug-likeness (QED) is 0.894. The van der Waals surface area contributed by atoms with Crippen LogP contribution in [0, 0.1) is 5.92 Å². The number of alkyl halides is 3. The van der Waals surface area contributed by atoms with Crippen LogP contribution in [0.4, 0.5) is 18.0 Å². The summed E-state index contributed by atoms with van der Waals surface area (Å²) in [6, 6.07) is 3.05. The maximum atomic E-state index is 12.5. The van der Waals surface area contributed by atoms with Gasteiger partial charge in [-0.3, -0.25) is 4.98 Å². The Hall–Kier alpha value is -1.83. The molecule has 128 valence electrons. The summed E-state index contributed by atoms with van der Waals surface area (Å²) in [5.41, 5.74) is 0.899. The summed E-state index contributed by atoms with van der Waals surface area (Å²) in [7, 11) is 0. The smallest absolute Gasteiger partial charge is 0.383 e. The Balaban J connectivity index is 1.84. The molecule has 23 heavy (non-hydrogen) atoms. The zero-order valence-electron chi connectivity index (χ0n) is 12.8. The van der Waals surface area contributed by atoms with Gasteiger partial charge in [0.05, 0.1) is 6.04 Å². The summed E-state index contributed by atoms with van der Waals surface area (Å²) in [6.45, 7) is 2.23. The van der Waals surface area contributed by atoms with Gasteiger partial charge in [-0.25, -0.2) is 4.79 Å². The Bertz CT molecular complexity index is 516. The van der Waals surface area contributed by atoms with Gasteiger partial charge in [-0.1, -0.05) is 0 Å². The van der Waals surface area contributed by atoms with Gasteiger partial charge in [0.25, 0.3) is 0 Å². The predicted molar refractivity (Wildman–Crippen MR) is 77.5 cm³/mol. The minimum absolute atomic E-state index is 0.137. The zero-order valence-corrected chi connectivity index (χ0v) is 12.8. The third-order valence-corrected chi connectivity index (χ3v) is 4.15. The SMILES string of the molecule is CC(NC(=O)N1CCC(C(O)C(F)(F)F)CC1)c1ccncc1. The van der Waals surface area contributed by atoms with Gasteiger partial charge >= 0.3 is 12.2 Å². The lowest BCUT2D eigenvalue weighted by atomic mass is 9.91. The lowest BCUT2D eigenvalue weighted by Crippen LogP contribution is -2.48. The van der Waals surface area contributed by atoms with Crippen LogP contribution in [0.15, 0.2) is 24.5 Å². The molecular formula is C15H20F3N3O2. The molecule has 1 saturated heterocycles. The number of carbonyl (C=O) groups is 1. The minimum Gasteiger partial charge on any atom is -0.383 e. The molecule has 8 heteroatoms. The van der Waals surface area contributed by atoms with Crippen LogP contribution >= 0.6 is 0 Å². The highest BCUT2D eigenvalue weighted by Gasteiger charge is 2.44. The van der Waals surface area contributed by atoms with Crippen molar-refractivity contribution in [3.8, 4) is 0 Å². The molecule has 0 saturated carbocycles. The number of rotatable bonds is 3. The largest absolute Gasteiger partial charge is 0.414 e. The number of piperidine rings is 1. The molecule has 2 N–H and O–H groups in total. The number of pyridine rings is 1. The average Bonchev–Trinajstić information content (AvgIpc) is 2.54. The number of hydrogen-bond donors (Lipinski definition) is 2. The standard InChI is InChI=1S/C15H20F3N3O2/c1-10(11-2-6-19-7-3-11)20-14(23)21-8-4-12(5-9-21)13(22)15(16,17)18/h2-3,6-7,10,12-13,22H,4-5,8-9H2,1H3,(H,20,23). The maximum Gasteiger partial charge on any atom is 0.414 e. The Morgan fingerprint density at radius 2 is 1.91 bits per heavy atom. The zero-order chi connectivity index (χ0) is 17.0. The Kier molecular flexibility index (Phi) is 5.46. The first-order valence-electron chi connectivity index (χ1n) is 7.49. The summed E-state index contributed by atoms with van der Waals surface area (Å²) in [5.74, 6) is -0.850. The molecule has 5 nitrogen and oxygen atoms in total. The lowest BCUT2D eigenvalue weighted by Gasteiger charge is -2.35. The van der Waals surface area contributed by atoms with E-state index in [4.69, 9.17) is 0 Å². The van der Waals surface area contributed by atoms with Crippen LogP contribution in [0.3, 0.4) is 0 Å². The maximum absolute atomic E-state index is 12.5. The number of nitrogens with one attached hydrogen (secondary N) is 1. The number of carbonyl (C=O) groups excluding carboxylic acids is 1. The van der Waals surface area contributed by atoms with Crippen molar-refractivity contribution in [1.82, 2.24) is 15.2 Å². The van der Waals surface area contributed by atoms with Crippen molar-refractivity contribution < 1.29 is 23.1 Å². The van der Waals surface area contributed by atoms with Crippen LogP contribution in [-0.4, -0.2) is 46.4 Å². The van der Waals surface area contributed by atoms with E-state index in [2.05, 4.69) is 10.3 Å². The number of aliphatic hydroxyl groups is 1. The number of urea groups is 1. The monoisotopic (exact) mass is 331 g/mol. The number of hydrogen-bond acceptors (Lipinski definition) is 3. The molecule has 0 radical (unpaired) electrons. The van der Waals surface area contributed by atoms with Crippen molar-refractivity contribution >= 4 is 6.03 Å². The number of halogens is 3. The number of nitrogens with zero attached hydrogens (tertiary/aromatic N) is 2. The van der Waals surface area contributed by atoms with E-state index in [9.17, 15) is 23.1 Å². The summed E-state index contributed by atoms with van der Waals surface area (Å²) in [5, 5.41) is 12.1. The highest BCUT2D eigenvalue weighted by molar-refractivity contribution is 5.74. The Morgan fingerprint density at radius 3 is 2.43 bits per heavy atom. The normalized spacial score (nSPS) is 19.3. The molecule has 2 heterocycles. The van der Waals surface area contributed by atoms with Gasteiger partial charge in [-0.05, 0) is 43.4 Å². The molecular weight excluding hydrogens is 311 g/mol. The molecule has 1 aliphatic rings. The van der Waals surface area contributed by atoms with Crippen molar-refractivity contribution in [2.75, 3.05) is 13.1 Å². The van der Waals surface area contributed by atoms with Crippen molar-refractivity contribution in [2.45, 2.75) is 38.1 Å². The van der Waals surface area contributed by atoms with E-state index >= 15 is 0 Å². The van der Waals surface area contributed by atoms with E-state index in [1.54, 1.807) is 24.5 Å². The molecule has 2 atom stereocenters. The topological polar surface area (TPSA) is 65.5 Å². The lowest BCUT2D eigenvalue weighted by molar-refractivity contribution is -0.222. The average molecular weight is 331 g/mol. The number of likely N-dealkylation sites (tertiary alicyclic amines) is 1. The summed E-state index contributed by atoms with van der Waals surface area (Å²) >= 11 is 0. The highest BCUT2D eigenvalue weighted by Crippen LogP contribution is 2.31. The van der Waals surface area contributed by atoms with Gasteiger partial charge in [0.1, 0.15) is 0 Å². The second kappa shape index (κ2) is 7.16. The molecule has 0 spiro atoms. The molecule has 2 unspecified atom stereocenters. The van der Waals surface area contributed by atoms with Crippen LogP contribution in [-0.2, 0) is 0 Å². The summed E-state index contributed by atoms with van der Waals surface area (Å²) in [6.07, 6.45) is -3.40. The Morgan fingerprint density at radius 1 is 1.35 bits per heavy atom. The van der Waals surface area contributed by atoms with Crippen LogP contribution in [0.1, 0.15) is 31.4 Å². The first kappa shape index (κ1) is 17.5. The minimum atomic E-state index is -4.61. The van der Waals surface area contributed by atoms with Crippen molar-refractivity contribution in [3.63, 3.8) is 0 Å². The van der Waals surface area contributed by atoms with Crippen molar-refractivity contribution in [3.05, 3.63) is 30.1 Å². The van der Waals surface area contributed by atoms with E-state index in [-0.39, 0.29) is 38.0 Å².